The third-order valence-electron chi connectivity index (χ3n) is 3.72. The van der Waals surface area contributed by atoms with Crippen LogP contribution < -0.4 is 4.90 Å². The average molecular weight is 283 g/mol. The molecule has 3 heteroatoms. The zero-order valence-electron chi connectivity index (χ0n) is 11.1. The van der Waals surface area contributed by atoms with Crippen LogP contribution in [0.3, 0.4) is 0 Å². The maximum absolute atomic E-state index is 9.32. The van der Waals surface area contributed by atoms with Crippen molar-refractivity contribution >= 4 is 17.3 Å². The molecule has 0 N–H and O–H groups in total. The van der Waals surface area contributed by atoms with Gasteiger partial charge in [0.1, 0.15) is 6.07 Å². The minimum Gasteiger partial charge on any atom is -0.370 e. The minimum atomic E-state index is 0.752. The van der Waals surface area contributed by atoms with Crippen LogP contribution in [0.5, 0.6) is 0 Å². The first-order chi connectivity index (χ1) is 9.78. The number of nitrogens with zero attached hydrogens (tertiary/aromatic N) is 2. The van der Waals surface area contributed by atoms with E-state index in [-0.39, 0.29) is 0 Å². The van der Waals surface area contributed by atoms with Gasteiger partial charge in [0.2, 0.25) is 0 Å². The summed E-state index contributed by atoms with van der Waals surface area (Å²) in [4.78, 5) is 2.30. The quantitative estimate of drug-likeness (QED) is 0.850. The van der Waals surface area contributed by atoms with Gasteiger partial charge in [-0.15, -0.1) is 0 Å². The average Bonchev–Trinajstić information content (AvgIpc) is 2.41. The van der Waals surface area contributed by atoms with E-state index in [9.17, 15) is 5.26 Å². The Bertz CT molecular complexity index is 652. The predicted octanol–water partition coefficient (Wildman–Crippen LogP) is 4.01. The lowest BCUT2D eigenvalue weighted by atomic mass is 9.98. The SMILES string of the molecule is N#Cc1cccc(Cc2ccc(Cl)cc2)c1N1CCC1. The fourth-order valence-electron chi connectivity index (χ4n) is 2.56. The summed E-state index contributed by atoms with van der Waals surface area (Å²) in [5.41, 5.74) is 4.31. The topological polar surface area (TPSA) is 27.0 Å². The molecular formula is C17H15ClN2. The van der Waals surface area contributed by atoms with Crippen molar-refractivity contribution in [3.63, 3.8) is 0 Å². The van der Waals surface area contributed by atoms with Crippen LogP contribution in [0.2, 0.25) is 5.02 Å². The van der Waals surface area contributed by atoms with Gasteiger partial charge in [-0.1, -0.05) is 35.9 Å². The molecule has 1 aliphatic heterocycles. The molecule has 0 saturated carbocycles. The maximum Gasteiger partial charge on any atom is 0.101 e. The van der Waals surface area contributed by atoms with Crippen LogP contribution in [-0.2, 0) is 6.42 Å². The highest BCUT2D eigenvalue weighted by Gasteiger charge is 2.20. The van der Waals surface area contributed by atoms with E-state index in [1.54, 1.807) is 0 Å². The summed E-state index contributed by atoms with van der Waals surface area (Å²) < 4.78 is 0. The van der Waals surface area contributed by atoms with Crippen LogP contribution in [0, 0.1) is 11.3 Å². The third kappa shape index (κ3) is 2.50. The van der Waals surface area contributed by atoms with Gasteiger partial charge in [0.25, 0.3) is 0 Å². The highest BCUT2D eigenvalue weighted by Crippen LogP contribution is 2.30. The Morgan fingerprint density at radius 2 is 1.85 bits per heavy atom. The first-order valence-electron chi connectivity index (χ1n) is 6.79. The molecule has 2 aromatic carbocycles. The van der Waals surface area contributed by atoms with Gasteiger partial charge >= 0.3 is 0 Å². The Labute approximate surface area is 124 Å². The van der Waals surface area contributed by atoms with E-state index in [1.807, 2.05) is 36.4 Å². The van der Waals surface area contributed by atoms with Gasteiger partial charge < -0.3 is 4.90 Å². The van der Waals surface area contributed by atoms with Gasteiger partial charge in [-0.25, -0.2) is 0 Å². The number of rotatable bonds is 3. The number of halogens is 1. The largest absolute Gasteiger partial charge is 0.370 e. The van der Waals surface area contributed by atoms with Crippen LogP contribution in [0.25, 0.3) is 0 Å². The normalized spacial score (nSPS) is 13.7. The molecule has 0 radical (unpaired) electrons. The molecule has 100 valence electrons. The number of benzene rings is 2. The first kappa shape index (κ1) is 13.0. The van der Waals surface area contributed by atoms with Crippen LogP contribution in [0.15, 0.2) is 42.5 Å². The summed E-state index contributed by atoms with van der Waals surface area (Å²) in [6, 6.07) is 16.2. The molecule has 1 aliphatic rings. The van der Waals surface area contributed by atoms with Crippen molar-refractivity contribution in [2.45, 2.75) is 12.8 Å². The Hall–Kier alpha value is -1.98. The molecule has 20 heavy (non-hydrogen) atoms. The monoisotopic (exact) mass is 282 g/mol. The van der Waals surface area contributed by atoms with Crippen LogP contribution >= 0.6 is 11.6 Å². The summed E-state index contributed by atoms with van der Waals surface area (Å²) in [7, 11) is 0. The van der Waals surface area contributed by atoms with E-state index in [0.717, 1.165) is 35.8 Å². The van der Waals surface area contributed by atoms with Gasteiger partial charge in [0.05, 0.1) is 11.3 Å². The lowest BCUT2D eigenvalue weighted by Gasteiger charge is -2.35. The van der Waals surface area contributed by atoms with Gasteiger partial charge in [0.15, 0.2) is 0 Å². The van der Waals surface area contributed by atoms with Crippen molar-refractivity contribution in [1.29, 1.82) is 5.26 Å². The highest BCUT2D eigenvalue weighted by molar-refractivity contribution is 6.30. The van der Waals surface area contributed by atoms with Gasteiger partial charge in [0, 0.05) is 18.1 Å². The van der Waals surface area contributed by atoms with Crippen molar-refractivity contribution in [2.24, 2.45) is 0 Å². The van der Waals surface area contributed by atoms with Gasteiger partial charge in [-0.2, -0.15) is 5.26 Å². The molecule has 0 amide bonds. The molecule has 1 fully saturated rings. The van der Waals surface area contributed by atoms with E-state index in [1.165, 1.54) is 17.5 Å². The van der Waals surface area contributed by atoms with Crippen molar-refractivity contribution in [2.75, 3.05) is 18.0 Å². The second kappa shape index (κ2) is 5.56. The lowest BCUT2D eigenvalue weighted by molar-refractivity contribution is 0.615. The summed E-state index contributed by atoms with van der Waals surface area (Å²) in [6.07, 6.45) is 2.04. The molecule has 1 heterocycles. The van der Waals surface area contributed by atoms with Crippen molar-refractivity contribution in [1.82, 2.24) is 0 Å². The second-order valence-electron chi connectivity index (χ2n) is 5.07. The Morgan fingerprint density at radius 3 is 2.45 bits per heavy atom. The molecule has 0 aliphatic carbocycles. The predicted molar refractivity (Wildman–Crippen MR) is 82.2 cm³/mol. The van der Waals surface area contributed by atoms with Gasteiger partial charge in [-0.3, -0.25) is 0 Å². The number of anilines is 1. The van der Waals surface area contributed by atoms with Crippen molar-refractivity contribution in [3.8, 4) is 6.07 Å². The fraction of sp³-hybridized carbons (Fsp3) is 0.235. The molecule has 1 saturated heterocycles. The molecule has 3 rings (SSSR count). The van der Waals surface area contributed by atoms with E-state index in [4.69, 9.17) is 11.6 Å². The number of hydrogen-bond acceptors (Lipinski definition) is 2. The zero-order valence-corrected chi connectivity index (χ0v) is 11.9. The first-order valence-corrected chi connectivity index (χ1v) is 7.17. The Kier molecular flexibility index (Phi) is 3.62. The molecule has 0 bridgehead atoms. The summed E-state index contributed by atoms with van der Waals surface area (Å²) in [5.74, 6) is 0. The van der Waals surface area contributed by atoms with E-state index >= 15 is 0 Å². The lowest BCUT2D eigenvalue weighted by Crippen LogP contribution is -2.38. The molecule has 0 atom stereocenters. The molecular weight excluding hydrogens is 268 g/mol. The Morgan fingerprint density at radius 1 is 1.10 bits per heavy atom. The third-order valence-corrected chi connectivity index (χ3v) is 3.97. The second-order valence-corrected chi connectivity index (χ2v) is 5.51. The number of para-hydroxylation sites is 1. The summed E-state index contributed by atoms with van der Waals surface area (Å²) >= 11 is 5.92. The van der Waals surface area contributed by atoms with Crippen LogP contribution in [0.1, 0.15) is 23.1 Å². The maximum atomic E-state index is 9.32. The number of nitriles is 1. The summed E-state index contributed by atoms with van der Waals surface area (Å²) in [5, 5.41) is 10.1. The van der Waals surface area contributed by atoms with E-state index < -0.39 is 0 Å². The standard InChI is InChI=1S/C17H15ClN2/c18-16-7-5-13(6-8-16)11-14-3-1-4-15(12-19)17(14)20-9-2-10-20/h1,3-8H,2,9-11H2. The fourth-order valence-corrected chi connectivity index (χ4v) is 2.69. The molecule has 0 spiro atoms. The molecule has 2 aromatic rings. The molecule has 0 aromatic heterocycles. The number of hydrogen-bond donors (Lipinski definition) is 0. The Balaban J connectivity index is 1.96. The summed E-state index contributed by atoms with van der Waals surface area (Å²) in [6.45, 7) is 2.10. The van der Waals surface area contributed by atoms with Crippen molar-refractivity contribution in [3.05, 3.63) is 64.2 Å². The minimum absolute atomic E-state index is 0.752. The van der Waals surface area contributed by atoms with E-state index in [2.05, 4.69) is 17.0 Å². The van der Waals surface area contributed by atoms with Crippen LogP contribution in [-0.4, -0.2) is 13.1 Å². The smallest absolute Gasteiger partial charge is 0.101 e. The van der Waals surface area contributed by atoms with Gasteiger partial charge in [-0.05, 0) is 42.2 Å². The molecule has 2 nitrogen and oxygen atoms in total. The zero-order chi connectivity index (χ0) is 13.9. The van der Waals surface area contributed by atoms with Crippen LogP contribution in [0.4, 0.5) is 5.69 Å². The van der Waals surface area contributed by atoms with E-state index in [0.29, 0.717) is 0 Å². The molecule has 0 unspecified atom stereocenters. The highest BCUT2D eigenvalue weighted by atomic mass is 35.5. The van der Waals surface area contributed by atoms with Crippen molar-refractivity contribution < 1.29 is 0 Å².